The highest BCUT2D eigenvalue weighted by molar-refractivity contribution is 7.80. The maximum atomic E-state index is 12.7. The molecule has 158 valence electrons. The Labute approximate surface area is 183 Å². The van der Waals surface area contributed by atoms with Crippen molar-refractivity contribution in [2.45, 2.75) is 27.3 Å². The number of rotatable bonds is 6. The van der Waals surface area contributed by atoms with Crippen LogP contribution in [-0.2, 0) is 6.54 Å². The average molecular weight is 424 g/mol. The van der Waals surface area contributed by atoms with E-state index in [-0.39, 0.29) is 5.56 Å². The molecule has 3 rings (SSSR count). The number of thiocarbonyl (C=S) groups is 1. The van der Waals surface area contributed by atoms with Crippen molar-refractivity contribution in [1.29, 1.82) is 0 Å². The molecule has 0 aliphatic rings. The molecule has 0 spiro atoms. The molecule has 30 heavy (non-hydrogen) atoms. The normalized spacial score (nSPS) is 11.1. The predicted octanol–water partition coefficient (Wildman–Crippen LogP) is 2.80. The quantitative estimate of drug-likeness (QED) is 0.534. The Morgan fingerprint density at radius 1 is 1.07 bits per heavy atom. The lowest BCUT2D eigenvalue weighted by Crippen LogP contribution is -3.06. The molecular weight excluding hydrogens is 392 g/mol. The smallest absolute Gasteiger partial charge is 0.253 e. The Kier molecular flexibility index (Phi) is 6.90. The number of aromatic amines is 1. The van der Waals surface area contributed by atoms with Crippen LogP contribution in [0.3, 0.4) is 0 Å². The lowest BCUT2D eigenvalue weighted by atomic mass is 10.1. The summed E-state index contributed by atoms with van der Waals surface area (Å²) in [6.07, 6.45) is 0. The first-order valence-corrected chi connectivity index (χ1v) is 10.7. The molecule has 0 radical (unpaired) electrons. The van der Waals surface area contributed by atoms with Crippen LogP contribution in [0.1, 0.15) is 22.3 Å². The van der Waals surface area contributed by atoms with Crippen LogP contribution in [0.15, 0.2) is 47.3 Å². The summed E-state index contributed by atoms with van der Waals surface area (Å²) < 4.78 is 0. The van der Waals surface area contributed by atoms with E-state index >= 15 is 0 Å². The van der Waals surface area contributed by atoms with E-state index in [0.29, 0.717) is 17.2 Å². The standard InChI is InChI=1S/C24H30N4OS/c1-16-7-9-21(18(3)12-16)26-24(30)28(11-10-27(4)5)15-20-14-19-8-6-17(2)13-22(19)25-23(20)29/h6-9,12-14H,10-11,15H2,1-5H3,(H,25,29)(H,26,30)/p+1. The van der Waals surface area contributed by atoms with E-state index < -0.39 is 0 Å². The first-order valence-electron chi connectivity index (χ1n) is 10.3. The molecule has 1 aromatic heterocycles. The van der Waals surface area contributed by atoms with Gasteiger partial charge in [-0.1, -0.05) is 29.8 Å². The summed E-state index contributed by atoms with van der Waals surface area (Å²) in [7, 11) is 4.23. The number of anilines is 1. The highest BCUT2D eigenvalue weighted by Gasteiger charge is 2.15. The summed E-state index contributed by atoms with van der Waals surface area (Å²) in [6.45, 7) is 8.30. The van der Waals surface area contributed by atoms with Crippen LogP contribution in [0.25, 0.3) is 10.9 Å². The van der Waals surface area contributed by atoms with Crippen LogP contribution < -0.4 is 15.8 Å². The van der Waals surface area contributed by atoms with Crippen molar-refractivity contribution in [1.82, 2.24) is 9.88 Å². The molecule has 1 heterocycles. The second-order valence-electron chi connectivity index (χ2n) is 8.34. The number of likely N-dealkylation sites (N-methyl/N-ethyl adjacent to an activating group) is 1. The van der Waals surface area contributed by atoms with Gasteiger partial charge in [0.1, 0.15) is 0 Å². The van der Waals surface area contributed by atoms with Gasteiger partial charge >= 0.3 is 0 Å². The number of fused-ring (bicyclic) bond motifs is 1. The number of nitrogens with one attached hydrogen (secondary N) is 3. The Bertz CT molecular complexity index is 1120. The molecular formula is C24H31N4OS+. The number of pyridine rings is 1. The summed E-state index contributed by atoms with van der Waals surface area (Å²) in [4.78, 5) is 19.2. The Balaban J connectivity index is 1.87. The zero-order valence-corrected chi connectivity index (χ0v) is 19.2. The lowest BCUT2D eigenvalue weighted by molar-refractivity contribution is -0.857. The second kappa shape index (κ2) is 9.41. The topological polar surface area (TPSA) is 52.6 Å². The van der Waals surface area contributed by atoms with Gasteiger partial charge < -0.3 is 20.1 Å². The minimum Gasteiger partial charge on any atom is -0.339 e. The van der Waals surface area contributed by atoms with Gasteiger partial charge in [0.2, 0.25) is 0 Å². The number of nitrogens with zero attached hydrogens (tertiary/aromatic N) is 1. The first kappa shape index (κ1) is 22.0. The molecule has 0 aliphatic carbocycles. The molecule has 5 nitrogen and oxygen atoms in total. The van der Waals surface area contributed by atoms with E-state index in [1.54, 1.807) is 0 Å². The molecule has 3 aromatic rings. The van der Waals surface area contributed by atoms with E-state index in [1.165, 1.54) is 10.5 Å². The molecule has 0 saturated carbocycles. The number of H-pyrrole nitrogens is 1. The molecule has 6 heteroatoms. The third kappa shape index (κ3) is 5.46. The van der Waals surface area contributed by atoms with Crippen molar-refractivity contribution in [3.05, 3.63) is 75.1 Å². The number of hydrogen-bond acceptors (Lipinski definition) is 2. The summed E-state index contributed by atoms with van der Waals surface area (Å²) in [6, 6.07) is 14.3. The van der Waals surface area contributed by atoms with Crippen molar-refractivity contribution in [3.63, 3.8) is 0 Å². The highest BCUT2D eigenvalue weighted by atomic mass is 32.1. The summed E-state index contributed by atoms with van der Waals surface area (Å²) in [5.41, 5.74) is 6.00. The molecule has 0 saturated heterocycles. The third-order valence-corrected chi connectivity index (χ3v) is 5.59. The van der Waals surface area contributed by atoms with Gasteiger partial charge in [-0.2, -0.15) is 0 Å². The van der Waals surface area contributed by atoms with Crippen molar-refractivity contribution in [2.24, 2.45) is 0 Å². The molecule has 3 N–H and O–H groups in total. The van der Waals surface area contributed by atoms with Crippen LogP contribution >= 0.6 is 12.2 Å². The molecule has 0 bridgehead atoms. The Hall–Kier alpha value is -2.70. The van der Waals surface area contributed by atoms with Gasteiger partial charge in [-0.3, -0.25) is 4.79 Å². The van der Waals surface area contributed by atoms with Gasteiger partial charge in [-0.15, -0.1) is 0 Å². The van der Waals surface area contributed by atoms with Crippen LogP contribution in [0.4, 0.5) is 5.69 Å². The minimum atomic E-state index is -0.0652. The zero-order chi connectivity index (χ0) is 21.8. The van der Waals surface area contributed by atoms with Crippen LogP contribution in [-0.4, -0.2) is 42.2 Å². The second-order valence-corrected chi connectivity index (χ2v) is 8.73. The molecule has 0 fully saturated rings. The van der Waals surface area contributed by atoms with E-state index in [4.69, 9.17) is 12.2 Å². The number of aryl methyl sites for hydroxylation is 3. The van der Waals surface area contributed by atoms with Crippen LogP contribution in [0, 0.1) is 20.8 Å². The number of hydrogen-bond donors (Lipinski definition) is 3. The molecule has 0 unspecified atom stereocenters. The first-order chi connectivity index (χ1) is 14.2. The van der Waals surface area contributed by atoms with Gasteiger partial charge in [-0.25, -0.2) is 0 Å². The maximum Gasteiger partial charge on any atom is 0.253 e. The number of quaternary nitrogens is 1. The van der Waals surface area contributed by atoms with Gasteiger partial charge in [0, 0.05) is 16.8 Å². The highest BCUT2D eigenvalue weighted by Crippen LogP contribution is 2.18. The van der Waals surface area contributed by atoms with Gasteiger partial charge in [-0.05, 0) is 67.7 Å². The lowest BCUT2D eigenvalue weighted by Gasteiger charge is -2.26. The minimum absolute atomic E-state index is 0.0652. The van der Waals surface area contributed by atoms with Crippen molar-refractivity contribution in [3.8, 4) is 0 Å². The van der Waals surface area contributed by atoms with Gasteiger partial charge in [0.05, 0.1) is 33.7 Å². The maximum absolute atomic E-state index is 12.7. The molecule has 0 aliphatic heterocycles. The monoisotopic (exact) mass is 423 g/mol. The summed E-state index contributed by atoms with van der Waals surface area (Å²) in [5, 5.41) is 5.04. The SMILES string of the molecule is Cc1ccc(NC(=S)N(CC[NH+](C)C)Cc2cc3ccc(C)cc3[nH]c2=O)c(C)c1. The summed E-state index contributed by atoms with van der Waals surface area (Å²) >= 11 is 5.75. The molecule has 0 amide bonds. The van der Waals surface area contributed by atoms with Crippen molar-refractivity contribution < 1.29 is 4.90 Å². The summed E-state index contributed by atoms with van der Waals surface area (Å²) in [5.74, 6) is 0. The zero-order valence-electron chi connectivity index (χ0n) is 18.4. The Morgan fingerprint density at radius 2 is 1.77 bits per heavy atom. The Morgan fingerprint density at radius 3 is 2.47 bits per heavy atom. The van der Waals surface area contributed by atoms with Crippen LogP contribution in [0.5, 0.6) is 0 Å². The number of aromatic nitrogens is 1. The van der Waals surface area contributed by atoms with Gasteiger partial charge in [0.15, 0.2) is 5.11 Å². The average Bonchev–Trinajstić information content (AvgIpc) is 2.67. The van der Waals surface area contributed by atoms with E-state index in [1.807, 2.05) is 25.1 Å². The van der Waals surface area contributed by atoms with E-state index in [0.717, 1.165) is 40.8 Å². The molecule has 0 atom stereocenters. The fourth-order valence-electron chi connectivity index (χ4n) is 3.44. The predicted molar refractivity (Wildman–Crippen MR) is 130 cm³/mol. The third-order valence-electron chi connectivity index (χ3n) is 5.23. The fraction of sp³-hybridized carbons (Fsp3) is 0.333. The van der Waals surface area contributed by atoms with Gasteiger partial charge in [0.25, 0.3) is 5.56 Å². The molecule has 2 aromatic carbocycles. The van der Waals surface area contributed by atoms with E-state index in [2.05, 4.69) is 67.4 Å². The largest absolute Gasteiger partial charge is 0.339 e. The van der Waals surface area contributed by atoms with Crippen molar-refractivity contribution in [2.75, 3.05) is 32.5 Å². The van der Waals surface area contributed by atoms with Crippen LogP contribution in [0.2, 0.25) is 0 Å². The fourth-order valence-corrected chi connectivity index (χ4v) is 3.71. The van der Waals surface area contributed by atoms with E-state index in [9.17, 15) is 4.79 Å². The van der Waals surface area contributed by atoms with Crippen molar-refractivity contribution >= 4 is 33.9 Å². The number of benzene rings is 2.